The molecule has 3 rings (SSSR count). The molecule has 1 aliphatic carbocycles. The fourth-order valence-electron chi connectivity index (χ4n) is 4.14. The van der Waals surface area contributed by atoms with Gasteiger partial charge in [-0.05, 0) is 55.7 Å². The Kier molecular flexibility index (Phi) is 13.0. The number of nitrogens with zero attached hydrogens (tertiary/aromatic N) is 1. The first-order valence-electron chi connectivity index (χ1n) is 11.7. The fourth-order valence-corrected chi connectivity index (χ4v) is 4.14. The Balaban J connectivity index is 0.00000363. The number of nitrogens with one attached hydrogen (secondary N) is 3. The van der Waals surface area contributed by atoms with Crippen LogP contribution in [0.2, 0.25) is 0 Å². The highest BCUT2D eigenvalue weighted by Crippen LogP contribution is 2.26. The molecule has 1 aliphatic heterocycles. The summed E-state index contributed by atoms with van der Waals surface area (Å²) in [5, 5.41) is 9.74. The zero-order valence-electron chi connectivity index (χ0n) is 19.2. The molecular weight excluding hydrogens is 519 g/mol. The second-order valence-electron chi connectivity index (χ2n) is 8.51. The molecule has 3 N–H and O–H groups in total. The summed E-state index contributed by atoms with van der Waals surface area (Å²) < 4.78 is 11.2. The van der Waals surface area contributed by atoms with Gasteiger partial charge < -0.3 is 25.4 Å². The van der Waals surface area contributed by atoms with Crippen molar-refractivity contribution < 1.29 is 14.3 Å². The lowest BCUT2D eigenvalue weighted by Crippen LogP contribution is -2.37. The average Bonchev–Trinajstić information content (AvgIpc) is 3.34. The quantitative estimate of drug-likeness (QED) is 0.176. The summed E-state index contributed by atoms with van der Waals surface area (Å²) in [5.41, 5.74) is 1.97. The summed E-state index contributed by atoms with van der Waals surface area (Å²) >= 11 is 0. The molecule has 2 aliphatic rings. The first-order valence-corrected chi connectivity index (χ1v) is 11.7. The Morgan fingerprint density at radius 1 is 1.16 bits per heavy atom. The van der Waals surface area contributed by atoms with E-state index in [4.69, 9.17) is 9.47 Å². The number of hydrogen-bond acceptors (Lipinski definition) is 4. The van der Waals surface area contributed by atoms with Crippen LogP contribution in [0.5, 0.6) is 0 Å². The molecule has 1 saturated carbocycles. The number of benzene rings is 1. The van der Waals surface area contributed by atoms with Crippen molar-refractivity contribution >= 4 is 41.5 Å². The fraction of sp³-hybridized carbons (Fsp3) is 0.667. The summed E-state index contributed by atoms with van der Waals surface area (Å²) in [6, 6.07) is 8.00. The molecule has 0 radical (unpaired) electrons. The third kappa shape index (κ3) is 9.62. The van der Waals surface area contributed by atoms with Gasteiger partial charge in [0, 0.05) is 58.2 Å². The maximum atomic E-state index is 12.3. The molecule has 32 heavy (non-hydrogen) atoms. The first-order chi connectivity index (χ1) is 15.2. The lowest BCUT2D eigenvalue weighted by atomic mass is 10.0. The molecule has 1 aromatic carbocycles. The summed E-state index contributed by atoms with van der Waals surface area (Å²) in [7, 11) is 1.77. The van der Waals surface area contributed by atoms with Gasteiger partial charge in [0.25, 0.3) is 0 Å². The number of carbonyl (C=O) groups is 1. The van der Waals surface area contributed by atoms with Crippen molar-refractivity contribution in [1.29, 1.82) is 0 Å². The number of hydrogen-bond donors (Lipinski definition) is 3. The maximum Gasteiger partial charge on any atom is 0.227 e. The molecule has 0 aromatic heterocycles. The van der Waals surface area contributed by atoms with E-state index in [9.17, 15) is 4.79 Å². The molecule has 7 nitrogen and oxygen atoms in total. The smallest absolute Gasteiger partial charge is 0.227 e. The zero-order valence-corrected chi connectivity index (χ0v) is 21.6. The largest absolute Gasteiger partial charge is 0.381 e. The van der Waals surface area contributed by atoms with Crippen molar-refractivity contribution in [2.24, 2.45) is 16.8 Å². The van der Waals surface area contributed by atoms with Gasteiger partial charge in [-0.2, -0.15) is 0 Å². The SMILES string of the molecule is CN=C(NCCCOCC1CCOCC1)NCc1cccc(NC(=O)C2CCCC2)c1.I. The number of halogens is 1. The number of carbonyl (C=O) groups excluding carboxylic acids is 1. The van der Waals surface area contributed by atoms with Gasteiger partial charge in [-0.1, -0.05) is 25.0 Å². The topological polar surface area (TPSA) is 84.0 Å². The number of amides is 1. The molecule has 0 bridgehead atoms. The van der Waals surface area contributed by atoms with Crippen LogP contribution in [-0.2, 0) is 20.8 Å². The van der Waals surface area contributed by atoms with Crippen molar-refractivity contribution in [2.45, 2.75) is 51.5 Å². The zero-order chi connectivity index (χ0) is 21.7. The van der Waals surface area contributed by atoms with E-state index < -0.39 is 0 Å². The Labute approximate surface area is 209 Å². The maximum absolute atomic E-state index is 12.3. The molecule has 8 heteroatoms. The van der Waals surface area contributed by atoms with Crippen LogP contribution in [0, 0.1) is 11.8 Å². The predicted octanol–water partition coefficient (Wildman–Crippen LogP) is 3.93. The van der Waals surface area contributed by atoms with Gasteiger partial charge in [-0.3, -0.25) is 9.79 Å². The van der Waals surface area contributed by atoms with Crippen LogP contribution in [0.25, 0.3) is 0 Å². The Morgan fingerprint density at radius 3 is 2.69 bits per heavy atom. The second kappa shape index (κ2) is 15.4. The molecule has 0 spiro atoms. The molecule has 0 unspecified atom stereocenters. The second-order valence-corrected chi connectivity index (χ2v) is 8.51. The van der Waals surface area contributed by atoms with E-state index >= 15 is 0 Å². The molecule has 1 aromatic rings. The lowest BCUT2D eigenvalue weighted by Gasteiger charge is -2.21. The molecular formula is C24H39IN4O3. The minimum atomic E-state index is 0. The van der Waals surface area contributed by atoms with Gasteiger partial charge in [0.1, 0.15) is 0 Å². The van der Waals surface area contributed by atoms with Crippen molar-refractivity contribution in [2.75, 3.05) is 45.3 Å². The third-order valence-corrected chi connectivity index (χ3v) is 6.06. The lowest BCUT2D eigenvalue weighted by molar-refractivity contribution is -0.119. The first kappa shape index (κ1) is 26.9. The van der Waals surface area contributed by atoms with E-state index in [-0.39, 0.29) is 35.8 Å². The van der Waals surface area contributed by atoms with Gasteiger partial charge >= 0.3 is 0 Å². The molecule has 180 valence electrons. The Bertz CT molecular complexity index is 704. The van der Waals surface area contributed by atoms with E-state index in [0.717, 1.165) is 95.1 Å². The van der Waals surface area contributed by atoms with Gasteiger partial charge in [-0.25, -0.2) is 0 Å². The van der Waals surface area contributed by atoms with Crippen LogP contribution >= 0.6 is 24.0 Å². The van der Waals surface area contributed by atoms with Crippen LogP contribution < -0.4 is 16.0 Å². The highest BCUT2D eigenvalue weighted by Gasteiger charge is 2.22. The minimum absolute atomic E-state index is 0. The summed E-state index contributed by atoms with van der Waals surface area (Å²) in [5.74, 6) is 1.74. The average molecular weight is 559 g/mol. The summed E-state index contributed by atoms with van der Waals surface area (Å²) in [6.45, 7) is 4.78. The van der Waals surface area contributed by atoms with Gasteiger partial charge in [0.2, 0.25) is 5.91 Å². The van der Waals surface area contributed by atoms with E-state index in [1.165, 1.54) is 0 Å². The van der Waals surface area contributed by atoms with E-state index in [0.29, 0.717) is 12.5 Å². The van der Waals surface area contributed by atoms with Gasteiger partial charge in [-0.15, -0.1) is 24.0 Å². The third-order valence-electron chi connectivity index (χ3n) is 6.06. The number of ether oxygens (including phenoxy) is 2. The van der Waals surface area contributed by atoms with Crippen LogP contribution in [-0.4, -0.2) is 51.9 Å². The Hall–Kier alpha value is -1.39. The standard InChI is InChI=1S/C24H38N4O3.HI/c1-25-24(26-12-5-13-31-18-19-10-14-30-15-11-19)27-17-20-6-4-9-22(16-20)28-23(29)21-7-2-3-8-21;/h4,6,9,16,19,21H,2-3,5,7-8,10-15,17-18H2,1H3,(H,28,29)(H2,25,26,27);1H. The van der Waals surface area contributed by atoms with Crippen molar-refractivity contribution in [1.82, 2.24) is 10.6 Å². The van der Waals surface area contributed by atoms with Crippen LogP contribution in [0.1, 0.15) is 50.5 Å². The molecule has 1 heterocycles. The van der Waals surface area contributed by atoms with Crippen molar-refractivity contribution in [3.63, 3.8) is 0 Å². The predicted molar refractivity (Wildman–Crippen MR) is 140 cm³/mol. The monoisotopic (exact) mass is 558 g/mol. The summed E-state index contributed by atoms with van der Waals surface area (Å²) in [4.78, 5) is 16.6. The van der Waals surface area contributed by atoms with Crippen LogP contribution in [0.4, 0.5) is 5.69 Å². The van der Waals surface area contributed by atoms with Crippen molar-refractivity contribution in [3.8, 4) is 0 Å². The molecule has 1 amide bonds. The normalized spacial score (nSPS) is 17.6. The molecule has 1 saturated heterocycles. The highest BCUT2D eigenvalue weighted by atomic mass is 127. The van der Waals surface area contributed by atoms with Crippen molar-refractivity contribution in [3.05, 3.63) is 29.8 Å². The highest BCUT2D eigenvalue weighted by molar-refractivity contribution is 14.0. The number of guanidine groups is 1. The van der Waals surface area contributed by atoms with Gasteiger partial charge in [0.15, 0.2) is 5.96 Å². The van der Waals surface area contributed by atoms with E-state index in [1.54, 1.807) is 7.05 Å². The minimum Gasteiger partial charge on any atom is -0.381 e. The van der Waals surface area contributed by atoms with Crippen LogP contribution in [0.3, 0.4) is 0 Å². The Morgan fingerprint density at radius 2 is 1.94 bits per heavy atom. The van der Waals surface area contributed by atoms with E-state index in [1.807, 2.05) is 18.2 Å². The number of anilines is 1. The molecule has 0 atom stereocenters. The van der Waals surface area contributed by atoms with Crippen LogP contribution in [0.15, 0.2) is 29.3 Å². The number of rotatable bonds is 10. The number of aliphatic imine (C=N–C) groups is 1. The van der Waals surface area contributed by atoms with Gasteiger partial charge in [0.05, 0.1) is 0 Å². The molecule has 2 fully saturated rings. The summed E-state index contributed by atoms with van der Waals surface area (Å²) in [6.07, 6.45) is 7.50. The van der Waals surface area contributed by atoms with E-state index in [2.05, 4.69) is 27.0 Å².